The molecule has 0 amide bonds. The fourth-order valence-corrected chi connectivity index (χ4v) is 4.73. The third-order valence-corrected chi connectivity index (χ3v) is 6.54. The van der Waals surface area contributed by atoms with Crippen LogP contribution in [0.3, 0.4) is 0 Å². The Morgan fingerprint density at radius 2 is 1.91 bits per heavy atom. The molecule has 1 aromatic carbocycles. The first kappa shape index (κ1) is 21.3. The van der Waals surface area contributed by atoms with Crippen molar-refractivity contribution < 1.29 is 4.74 Å². The molecule has 9 nitrogen and oxygen atoms in total. The zero-order valence-electron chi connectivity index (χ0n) is 18.9. The number of ether oxygens (including phenoxy) is 1. The predicted octanol–water partition coefficient (Wildman–Crippen LogP) is 3.92. The number of methoxy groups -OCH3 is 1. The first-order valence-electron chi connectivity index (χ1n) is 11.0. The van der Waals surface area contributed by atoms with E-state index in [0.717, 1.165) is 35.6 Å². The van der Waals surface area contributed by atoms with E-state index in [4.69, 9.17) is 9.72 Å². The van der Waals surface area contributed by atoms with E-state index in [0.29, 0.717) is 41.7 Å². The van der Waals surface area contributed by atoms with Crippen molar-refractivity contribution >= 4 is 28.3 Å². The molecule has 0 spiro atoms. The Bertz CT molecular complexity index is 1460. The van der Waals surface area contributed by atoms with Crippen molar-refractivity contribution in [2.45, 2.75) is 46.2 Å². The molecular formula is C23H25N7O2S. The Morgan fingerprint density at radius 3 is 2.61 bits per heavy atom. The van der Waals surface area contributed by atoms with Gasteiger partial charge in [-0.1, -0.05) is 31.9 Å². The molecule has 0 aliphatic carbocycles. The first-order chi connectivity index (χ1) is 16.1. The molecule has 0 N–H and O–H groups in total. The summed E-state index contributed by atoms with van der Waals surface area (Å²) in [6, 6.07) is 7.84. The second kappa shape index (κ2) is 8.78. The second-order valence-electron chi connectivity index (χ2n) is 7.93. The SMILES string of the molecule is CCCCCn1c2nc(-c3nccs3)n(Cc3ccc(OC)cc3)c2c(=O)n2c(C)nnc12. The second-order valence-corrected chi connectivity index (χ2v) is 8.82. The highest BCUT2D eigenvalue weighted by molar-refractivity contribution is 7.13. The number of benzene rings is 1. The van der Waals surface area contributed by atoms with Gasteiger partial charge in [-0.3, -0.25) is 9.36 Å². The summed E-state index contributed by atoms with van der Waals surface area (Å²) in [6.45, 7) is 5.16. The van der Waals surface area contributed by atoms with Crippen LogP contribution in [0.25, 0.3) is 27.8 Å². The lowest BCUT2D eigenvalue weighted by Gasteiger charge is -2.11. The lowest BCUT2D eigenvalue weighted by molar-refractivity contribution is 0.414. The number of aryl methyl sites for hydroxylation is 2. The number of aromatic nitrogens is 7. The van der Waals surface area contributed by atoms with Gasteiger partial charge < -0.3 is 9.30 Å². The van der Waals surface area contributed by atoms with Crippen molar-refractivity contribution in [1.29, 1.82) is 0 Å². The van der Waals surface area contributed by atoms with Gasteiger partial charge in [0.15, 0.2) is 22.0 Å². The molecule has 4 aromatic heterocycles. The van der Waals surface area contributed by atoms with Crippen LogP contribution in [0.15, 0.2) is 40.6 Å². The lowest BCUT2D eigenvalue weighted by atomic mass is 10.2. The van der Waals surface area contributed by atoms with E-state index in [9.17, 15) is 4.79 Å². The zero-order chi connectivity index (χ0) is 22.9. The number of imidazole rings is 1. The summed E-state index contributed by atoms with van der Waals surface area (Å²) < 4.78 is 10.9. The van der Waals surface area contributed by atoms with Crippen LogP contribution in [0, 0.1) is 6.92 Å². The van der Waals surface area contributed by atoms with Crippen molar-refractivity contribution in [2.24, 2.45) is 0 Å². The fourth-order valence-electron chi connectivity index (χ4n) is 4.09. The largest absolute Gasteiger partial charge is 0.497 e. The summed E-state index contributed by atoms with van der Waals surface area (Å²) in [5, 5.41) is 11.2. The summed E-state index contributed by atoms with van der Waals surface area (Å²) in [5.74, 6) is 2.56. The molecule has 4 heterocycles. The van der Waals surface area contributed by atoms with Crippen LogP contribution < -0.4 is 10.3 Å². The van der Waals surface area contributed by atoms with Gasteiger partial charge >= 0.3 is 0 Å². The van der Waals surface area contributed by atoms with Gasteiger partial charge in [-0.25, -0.2) is 14.4 Å². The van der Waals surface area contributed by atoms with Gasteiger partial charge in [0, 0.05) is 18.1 Å². The highest BCUT2D eigenvalue weighted by Crippen LogP contribution is 2.27. The Balaban J connectivity index is 1.78. The van der Waals surface area contributed by atoms with Crippen molar-refractivity contribution in [3.63, 3.8) is 0 Å². The van der Waals surface area contributed by atoms with Crippen molar-refractivity contribution in [1.82, 2.24) is 33.7 Å². The number of hydrogen-bond acceptors (Lipinski definition) is 7. The molecule has 0 saturated heterocycles. The van der Waals surface area contributed by atoms with E-state index in [1.807, 2.05) is 38.8 Å². The van der Waals surface area contributed by atoms with E-state index in [1.165, 1.54) is 11.3 Å². The highest BCUT2D eigenvalue weighted by Gasteiger charge is 2.24. The van der Waals surface area contributed by atoms with E-state index in [1.54, 1.807) is 24.6 Å². The third kappa shape index (κ3) is 3.70. The van der Waals surface area contributed by atoms with Gasteiger partial charge in [0.05, 0.1) is 13.7 Å². The smallest absolute Gasteiger partial charge is 0.286 e. The molecule has 0 fully saturated rings. The van der Waals surface area contributed by atoms with Gasteiger partial charge in [0.1, 0.15) is 11.6 Å². The summed E-state index contributed by atoms with van der Waals surface area (Å²) >= 11 is 1.50. The minimum absolute atomic E-state index is 0.168. The maximum atomic E-state index is 13.7. The van der Waals surface area contributed by atoms with Gasteiger partial charge in [-0.15, -0.1) is 21.5 Å². The molecule has 0 radical (unpaired) electrons. The van der Waals surface area contributed by atoms with Gasteiger partial charge in [-0.2, -0.15) is 0 Å². The average molecular weight is 464 g/mol. The number of unbranched alkanes of at least 4 members (excludes halogenated alkanes) is 2. The average Bonchev–Trinajstić information content (AvgIpc) is 3.56. The maximum absolute atomic E-state index is 13.7. The number of fused-ring (bicyclic) bond motifs is 2. The Labute approximate surface area is 194 Å². The molecule has 0 aliphatic rings. The molecule has 0 atom stereocenters. The summed E-state index contributed by atoms with van der Waals surface area (Å²) in [6.07, 6.45) is 4.90. The minimum Gasteiger partial charge on any atom is -0.497 e. The van der Waals surface area contributed by atoms with Crippen LogP contribution in [-0.2, 0) is 13.1 Å². The predicted molar refractivity (Wildman–Crippen MR) is 128 cm³/mol. The van der Waals surface area contributed by atoms with E-state index >= 15 is 0 Å². The maximum Gasteiger partial charge on any atom is 0.286 e. The van der Waals surface area contributed by atoms with Crippen LogP contribution in [0.4, 0.5) is 0 Å². The van der Waals surface area contributed by atoms with E-state index in [-0.39, 0.29) is 5.56 Å². The number of rotatable bonds is 8. The molecule has 0 saturated carbocycles. The summed E-state index contributed by atoms with van der Waals surface area (Å²) in [5.41, 5.74) is 2.01. The van der Waals surface area contributed by atoms with Crippen LogP contribution in [0.5, 0.6) is 5.75 Å². The molecule has 10 heteroatoms. The molecular weight excluding hydrogens is 438 g/mol. The van der Waals surface area contributed by atoms with E-state index in [2.05, 4.69) is 22.1 Å². The van der Waals surface area contributed by atoms with Crippen LogP contribution in [-0.4, -0.2) is 40.8 Å². The Hall–Kier alpha value is -3.53. The molecule has 0 aliphatic heterocycles. The molecule has 5 rings (SSSR count). The Kier molecular flexibility index (Phi) is 5.67. The molecule has 170 valence electrons. The standard InChI is InChI=1S/C23H25N7O2S/c1-4-5-6-12-28-19-18(22(31)30-15(2)26-27-23(28)30)29(20(25-19)21-24-11-13-33-21)14-16-7-9-17(32-3)10-8-16/h7-11,13H,4-6,12,14H2,1-3H3. The minimum atomic E-state index is -0.168. The van der Waals surface area contributed by atoms with E-state index < -0.39 is 0 Å². The van der Waals surface area contributed by atoms with Crippen LogP contribution >= 0.6 is 11.3 Å². The zero-order valence-corrected chi connectivity index (χ0v) is 19.7. The quantitative estimate of drug-likeness (QED) is 0.324. The summed E-state index contributed by atoms with van der Waals surface area (Å²) in [7, 11) is 1.65. The van der Waals surface area contributed by atoms with Gasteiger partial charge in [0.25, 0.3) is 5.56 Å². The van der Waals surface area contributed by atoms with Gasteiger partial charge in [-0.05, 0) is 31.0 Å². The van der Waals surface area contributed by atoms with Gasteiger partial charge in [0.2, 0.25) is 5.78 Å². The topological polar surface area (TPSA) is 92.1 Å². The highest BCUT2D eigenvalue weighted by atomic mass is 32.1. The third-order valence-electron chi connectivity index (χ3n) is 5.77. The molecule has 0 bridgehead atoms. The van der Waals surface area contributed by atoms with Crippen LogP contribution in [0.1, 0.15) is 37.6 Å². The van der Waals surface area contributed by atoms with Crippen LogP contribution in [0.2, 0.25) is 0 Å². The molecule has 33 heavy (non-hydrogen) atoms. The Morgan fingerprint density at radius 1 is 1.09 bits per heavy atom. The van der Waals surface area contributed by atoms with Crippen molar-refractivity contribution in [2.75, 3.05) is 7.11 Å². The fraction of sp³-hybridized carbons (Fsp3) is 0.348. The summed E-state index contributed by atoms with van der Waals surface area (Å²) in [4.78, 5) is 23.2. The monoisotopic (exact) mass is 463 g/mol. The van der Waals surface area contributed by atoms with Crippen molar-refractivity contribution in [3.8, 4) is 16.6 Å². The number of nitrogens with zero attached hydrogens (tertiary/aromatic N) is 7. The lowest BCUT2D eigenvalue weighted by Crippen LogP contribution is -2.22. The van der Waals surface area contributed by atoms with Crippen molar-refractivity contribution in [3.05, 3.63) is 57.6 Å². The molecule has 5 aromatic rings. The first-order valence-corrected chi connectivity index (χ1v) is 11.9. The number of thiazole rings is 1. The number of hydrogen-bond donors (Lipinski definition) is 0. The normalized spacial score (nSPS) is 11.6. The molecule has 0 unspecified atom stereocenters.